The second-order valence-electron chi connectivity index (χ2n) is 5.75. The number of ether oxygens (including phenoxy) is 3. The fraction of sp³-hybridized carbons (Fsp3) is 1.00. The highest BCUT2D eigenvalue weighted by Gasteiger charge is 2.58. The van der Waals surface area contributed by atoms with Gasteiger partial charge in [-0.1, -0.05) is 0 Å². The van der Waals surface area contributed by atoms with Crippen molar-refractivity contribution in [3.05, 3.63) is 0 Å². The van der Waals surface area contributed by atoms with E-state index in [1.165, 1.54) is 0 Å². The van der Waals surface area contributed by atoms with Crippen molar-refractivity contribution in [3.63, 3.8) is 0 Å². The van der Waals surface area contributed by atoms with E-state index in [9.17, 15) is 30.6 Å². The summed E-state index contributed by atoms with van der Waals surface area (Å²) < 4.78 is 20.7. The average molecular weight is 387 g/mol. The first-order chi connectivity index (χ1) is 11.3. The first-order valence-corrected chi connectivity index (χ1v) is 7.89. The van der Waals surface area contributed by atoms with Crippen LogP contribution in [0.3, 0.4) is 0 Å². The minimum Gasteiger partial charge on any atom is -0.508 e. The van der Waals surface area contributed by atoms with Crippen molar-refractivity contribution in [2.45, 2.75) is 54.8 Å². The van der Waals surface area contributed by atoms with Crippen LogP contribution in [0.2, 0.25) is 0 Å². The Morgan fingerprint density at radius 3 is 2.04 bits per heavy atom. The molecule has 147 valence electrons. The Kier molecular flexibility index (Phi) is 8.60. The lowest BCUT2D eigenvalue weighted by Gasteiger charge is -2.43. The van der Waals surface area contributed by atoms with Gasteiger partial charge in [0.1, 0.15) is 49.3 Å². The zero-order valence-electron chi connectivity index (χ0n) is 13.2. The van der Waals surface area contributed by atoms with Crippen molar-refractivity contribution in [1.82, 2.24) is 0 Å². The molecule has 12 nitrogen and oxygen atoms in total. The van der Waals surface area contributed by atoms with Gasteiger partial charge in [-0.05, 0) is 0 Å². The lowest BCUT2D eigenvalue weighted by atomic mass is 9.99. The molecule has 2 fully saturated rings. The fourth-order valence-corrected chi connectivity index (χ4v) is 2.97. The Morgan fingerprint density at radius 2 is 1.56 bits per heavy atom. The summed E-state index contributed by atoms with van der Waals surface area (Å²) in [6.45, 7) is -1.68. The van der Waals surface area contributed by atoms with Gasteiger partial charge in [-0.3, -0.25) is 0 Å². The van der Waals surface area contributed by atoms with Crippen molar-refractivity contribution in [3.8, 4) is 0 Å². The summed E-state index contributed by atoms with van der Waals surface area (Å²) >= 11 is 1.14. The molecule has 0 spiro atoms. The molecule has 0 unspecified atom stereocenters. The van der Waals surface area contributed by atoms with E-state index in [4.69, 9.17) is 23.1 Å². The second-order valence-corrected chi connectivity index (χ2v) is 6.16. The maximum absolute atomic E-state index is 10.1. The molecule has 9 atom stereocenters. The van der Waals surface area contributed by atoms with Crippen LogP contribution in [0, 0.1) is 0 Å². The molecule has 2 rings (SSSR count). The zero-order chi connectivity index (χ0) is 18.1. The van der Waals surface area contributed by atoms with Crippen molar-refractivity contribution < 1.29 is 59.2 Å². The molecule has 0 aromatic heterocycles. The van der Waals surface area contributed by atoms with E-state index in [0.29, 0.717) is 0 Å². The van der Waals surface area contributed by atoms with Gasteiger partial charge in [-0.15, -0.1) is 0 Å². The highest BCUT2D eigenvalue weighted by Crippen LogP contribution is 2.35. The van der Waals surface area contributed by atoms with Crippen molar-refractivity contribution in [1.29, 1.82) is 0 Å². The topological polar surface area (TPSA) is 210 Å². The molecule has 0 aromatic rings. The van der Waals surface area contributed by atoms with E-state index in [1.807, 2.05) is 0 Å². The minimum absolute atomic E-state index is 0. The lowest BCUT2D eigenvalue weighted by Crippen LogP contribution is -2.62. The Balaban J connectivity index is 0.00000312. The normalized spacial score (nSPS) is 47.5. The molecule has 1 radical (unpaired) electrons. The predicted octanol–water partition coefficient (Wildman–Crippen LogP) is -6.38. The number of hydrogen-bond acceptors (Lipinski definition) is 11. The Labute approximate surface area is 151 Å². The van der Waals surface area contributed by atoms with Crippen LogP contribution in [0.4, 0.5) is 0 Å². The molecular weight excluding hydrogens is 363 g/mol. The summed E-state index contributed by atoms with van der Waals surface area (Å²) in [5, 5.41) is 68.3. The molecule has 9 N–H and O–H groups in total. The van der Waals surface area contributed by atoms with Crippen molar-refractivity contribution in [2.24, 2.45) is 0 Å². The van der Waals surface area contributed by atoms with Gasteiger partial charge in [0, 0.05) is 6.61 Å². The van der Waals surface area contributed by atoms with Gasteiger partial charge < -0.3 is 59.2 Å². The first kappa shape index (κ1) is 23.1. The summed E-state index contributed by atoms with van der Waals surface area (Å²) in [5.74, 6) is -2.18. The van der Waals surface area contributed by atoms with Gasteiger partial charge in [0.15, 0.2) is 6.29 Å². The van der Waals surface area contributed by atoms with E-state index in [0.717, 1.165) is 16.6 Å². The van der Waals surface area contributed by atoms with Crippen LogP contribution in [-0.2, 0) is 18.0 Å². The molecule has 13 heteroatoms. The van der Waals surface area contributed by atoms with E-state index in [1.54, 1.807) is 0 Å². The molecule has 2 saturated heterocycles. The minimum atomic E-state index is -2.18. The Hall–Kier alpha value is 0.0525. The van der Waals surface area contributed by atoms with E-state index >= 15 is 0 Å². The van der Waals surface area contributed by atoms with Crippen LogP contribution in [0.25, 0.3) is 0 Å². The molecule has 2 aliphatic heterocycles. The summed E-state index contributed by atoms with van der Waals surface area (Å²) in [6, 6.07) is 0. The fourth-order valence-electron chi connectivity index (χ4n) is 2.73. The van der Waals surface area contributed by atoms with Crippen LogP contribution in [0.15, 0.2) is 0 Å². The van der Waals surface area contributed by atoms with Crippen LogP contribution < -0.4 is 0 Å². The van der Waals surface area contributed by atoms with Gasteiger partial charge in [0.05, 0.1) is 6.61 Å². The van der Waals surface area contributed by atoms with Crippen LogP contribution >= 0.6 is 0 Å². The molecule has 2 aliphatic rings. The summed E-state index contributed by atoms with van der Waals surface area (Å²) in [7, 11) is 0. The predicted molar refractivity (Wildman–Crippen MR) is 78.3 cm³/mol. The molecule has 25 heavy (non-hydrogen) atoms. The average Bonchev–Trinajstić information content (AvgIpc) is 2.82. The number of aliphatic hydroxyl groups is 7. The highest BCUT2D eigenvalue weighted by atomic mass is 27.1. The van der Waals surface area contributed by atoms with Crippen LogP contribution in [0.5, 0.6) is 0 Å². The lowest BCUT2D eigenvalue weighted by molar-refractivity contribution is -0.383. The molecule has 0 saturated carbocycles. The van der Waals surface area contributed by atoms with Crippen molar-refractivity contribution in [2.75, 3.05) is 19.8 Å². The summed E-state index contributed by atoms with van der Waals surface area (Å²) in [6.07, 6.45) is -12.0. The van der Waals surface area contributed by atoms with E-state index < -0.39 is 68.0 Å². The number of hydrogen-bond donors (Lipinski definition) is 7. The molecule has 0 aromatic carbocycles. The largest absolute Gasteiger partial charge is 0.508 e. The van der Waals surface area contributed by atoms with Crippen LogP contribution in [0.1, 0.15) is 0 Å². The molecule has 2 heterocycles. The Bertz CT molecular complexity index is 416. The number of aliphatic hydroxyl groups excluding tert-OH is 7. The van der Waals surface area contributed by atoms with E-state index in [2.05, 4.69) is 0 Å². The maximum Gasteiger partial charge on any atom is 0.394 e. The van der Waals surface area contributed by atoms with Gasteiger partial charge in [0.2, 0.25) is 5.79 Å². The zero-order valence-corrected chi connectivity index (χ0v) is 14.6. The third-order valence-corrected chi connectivity index (χ3v) is 4.41. The molecule has 0 aliphatic carbocycles. The Morgan fingerprint density at radius 1 is 0.920 bits per heavy atom. The quantitative estimate of drug-likeness (QED) is 0.213. The first-order valence-electron chi connectivity index (χ1n) is 7.31. The second kappa shape index (κ2) is 9.31. The SMILES string of the molecule is O.OC[C@H]1O[C@@](CO)(O[C@H]2O[C@H](C[O][AlH])[C@@H](O)[C@H](O)[C@H]2O)[C@@H](O)[C@@H]1O. The van der Waals surface area contributed by atoms with E-state index in [-0.39, 0.29) is 12.1 Å². The van der Waals surface area contributed by atoms with Gasteiger partial charge >= 0.3 is 16.6 Å². The standard InChI is InChI=1S/C12H21O11.Al.H2O.H/c13-1-4-6(16)8(18)9(19)11(21-4)23-12(3-15)10(20)7(17)5(2-14)22-12;;;/h4-11,14-20H,1-3H2;;1H2;/q-1;+1;;/t4-,5-,6-,7-,8+,9-,10+,11-,12+;;;/m1.../s1. The molecular formula is C12H24AlO12. The van der Waals surface area contributed by atoms with Gasteiger partial charge in [0.25, 0.3) is 0 Å². The molecule has 0 amide bonds. The highest BCUT2D eigenvalue weighted by molar-refractivity contribution is 5.97. The smallest absolute Gasteiger partial charge is 0.394 e. The van der Waals surface area contributed by atoms with Gasteiger partial charge in [-0.2, -0.15) is 0 Å². The number of rotatable bonds is 6. The monoisotopic (exact) mass is 387 g/mol. The third-order valence-electron chi connectivity index (χ3n) is 4.17. The maximum atomic E-state index is 10.1. The third kappa shape index (κ3) is 4.32. The summed E-state index contributed by atoms with van der Waals surface area (Å²) in [5.41, 5.74) is 0. The van der Waals surface area contributed by atoms with Gasteiger partial charge in [-0.25, -0.2) is 0 Å². The summed E-state index contributed by atoms with van der Waals surface area (Å²) in [4.78, 5) is 0. The van der Waals surface area contributed by atoms with Crippen molar-refractivity contribution >= 4 is 16.6 Å². The van der Waals surface area contributed by atoms with Crippen LogP contribution in [-0.4, -0.2) is 132 Å². The molecule has 0 bridgehead atoms.